The highest BCUT2D eigenvalue weighted by Gasteiger charge is 2.26. The van der Waals surface area contributed by atoms with Gasteiger partial charge in [-0.15, -0.1) is 0 Å². The third-order valence-corrected chi connectivity index (χ3v) is 6.81. The van der Waals surface area contributed by atoms with E-state index in [1.54, 1.807) is 29.6 Å². The molecule has 1 atom stereocenters. The monoisotopic (exact) mass is 363 g/mol. The van der Waals surface area contributed by atoms with Crippen LogP contribution in [0.3, 0.4) is 0 Å². The summed E-state index contributed by atoms with van der Waals surface area (Å²) in [6, 6.07) is 6.74. The Bertz CT molecular complexity index is 867. The van der Waals surface area contributed by atoms with E-state index in [9.17, 15) is 13.2 Å². The zero-order valence-corrected chi connectivity index (χ0v) is 15.6. The first kappa shape index (κ1) is 17.9. The summed E-state index contributed by atoms with van der Waals surface area (Å²) in [7, 11) is -1.82. The van der Waals surface area contributed by atoms with Crippen LogP contribution in [0, 0.1) is 0 Å². The molecule has 6 nitrogen and oxygen atoms in total. The molecule has 2 aromatic rings. The zero-order chi connectivity index (χ0) is 18.0. The first-order chi connectivity index (χ1) is 12.0. The average Bonchev–Trinajstić information content (AvgIpc) is 3.06. The molecule has 0 radical (unpaired) electrons. The Morgan fingerprint density at radius 2 is 1.92 bits per heavy atom. The molecule has 1 aromatic carbocycles. The van der Waals surface area contributed by atoms with Crippen LogP contribution in [-0.4, -0.2) is 43.3 Å². The molecule has 1 aliphatic heterocycles. The fourth-order valence-electron chi connectivity index (χ4n) is 3.50. The quantitative estimate of drug-likeness (QED) is 0.887. The highest BCUT2D eigenvalue weighted by atomic mass is 32.2. The van der Waals surface area contributed by atoms with E-state index in [0.29, 0.717) is 24.4 Å². The van der Waals surface area contributed by atoms with Crippen LogP contribution in [0.25, 0.3) is 10.9 Å². The van der Waals surface area contributed by atoms with E-state index in [1.165, 1.54) is 0 Å². The second kappa shape index (κ2) is 7.17. The summed E-state index contributed by atoms with van der Waals surface area (Å²) in [5, 5.41) is 3.52. The lowest BCUT2D eigenvalue weighted by Gasteiger charge is -2.26. The molecule has 0 saturated carbocycles. The minimum absolute atomic E-state index is 0.0509. The molecule has 0 bridgehead atoms. The van der Waals surface area contributed by atoms with E-state index in [2.05, 4.69) is 5.32 Å². The van der Waals surface area contributed by atoms with Crippen LogP contribution in [0.1, 0.15) is 38.6 Å². The third-order valence-electron chi connectivity index (χ3n) is 4.92. The summed E-state index contributed by atoms with van der Waals surface area (Å²) in [5.74, 6) is -0.0509. The number of benzene rings is 1. The second-order valence-electron chi connectivity index (χ2n) is 6.45. The molecule has 1 amide bonds. The fraction of sp³-hybridized carbons (Fsp3) is 0.500. The van der Waals surface area contributed by atoms with Gasteiger partial charge in [-0.05, 0) is 43.5 Å². The number of sulfonamides is 1. The molecule has 1 aliphatic rings. The summed E-state index contributed by atoms with van der Waals surface area (Å²) in [5.41, 5.74) is 0.869. The minimum Gasteiger partial charge on any atom is -0.357 e. The summed E-state index contributed by atoms with van der Waals surface area (Å²) in [6.45, 7) is 3.15. The molecule has 0 spiro atoms. The van der Waals surface area contributed by atoms with Crippen molar-refractivity contribution in [2.24, 2.45) is 0 Å². The molecule has 7 heteroatoms. The number of nitrogens with zero attached hydrogens (tertiary/aromatic N) is 2. The van der Waals surface area contributed by atoms with Crippen molar-refractivity contribution in [1.82, 2.24) is 14.2 Å². The lowest BCUT2D eigenvalue weighted by Crippen LogP contribution is -2.35. The Morgan fingerprint density at radius 3 is 2.56 bits per heavy atom. The lowest BCUT2D eigenvalue weighted by molar-refractivity contribution is -0.123. The number of fused-ring (bicyclic) bond motifs is 1. The Hall–Kier alpha value is -1.86. The topological polar surface area (TPSA) is 71.4 Å². The van der Waals surface area contributed by atoms with Crippen molar-refractivity contribution >= 4 is 26.8 Å². The summed E-state index contributed by atoms with van der Waals surface area (Å²) in [4.78, 5) is 12.4. The molecule has 1 fully saturated rings. The largest absolute Gasteiger partial charge is 0.357 e. The highest BCUT2D eigenvalue weighted by Crippen LogP contribution is 2.27. The Kier molecular flexibility index (Phi) is 5.15. The van der Waals surface area contributed by atoms with Crippen molar-refractivity contribution in [3.05, 3.63) is 30.5 Å². The number of rotatable bonds is 5. The number of aromatic nitrogens is 1. The molecule has 2 heterocycles. The molecule has 0 aliphatic carbocycles. The smallest absolute Gasteiger partial charge is 0.243 e. The molecule has 25 heavy (non-hydrogen) atoms. The van der Waals surface area contributed by atoms with E-state index >= 15 is 0 Å². The maximum Gasteiger partial charge on any atom is 0.243 e. The van der Waals surface area contributed by atoms with Crippen LogP contribution in [0.15, 0.2) is 35.4 Å². The highest BCUT2D eigenvalue weighted by molar-refractivity contribution is 7.89. The Morgan fingerprint density at radius 1 is 1.20 bits per heavy atom. The molecule has 1 saturated heterocycles. The van der Waals surface area contributed by atoms with Crippen molar-refractivity contribution in [2.75, 3.05) is 20.1 Å². The van der Waals surface area contributed by atoms with Gasteiger partial charge in [-0.1, -0.05) is 13.3 Å². The number of likely N-dealkylation sites (N-methyl/N-ethyl adjacent to an activating group) is 1. The van der Waals surface area contributed by atoms with Crippen LogP contribution in [0.2, 0.25) is 0 Å². The molecular formula is C18H25N3O3S. The predicted octanol–water partition coefficient (Wildman–Crippen LogP) is 2.51. The van der Waals surface area contributed by atoms with Gasteiger partial charge in [-0.2, -0.15) is 4.31 Å². The normalized spacial score (nSPS) is 17.5. The maximum atomic E-state index is 12.8. The summed E-state index contributed by atoms with van der Waals surface area (Å²) in [6.07, 6.45) is 5.44. The number of nitrogens with one attached hydrogen (secondary N) is 1. The molecule has 3 rings (SSSR count). The number of hydrogen-bond acceptors (Lipinski definition) is 3. The number of piperidine rings is 1. The summed E-state index contributed by atoms with van der Waals surface area (Å²) >= 11 is 0. The Labute approximate surface area is 148 Å². The van der Waals surface area contributed by atoms with E-state index in [1.807, 2.05) is 23.8 Å². The molecular weight excluding hydrogens is 338 g/mol. The summed E-state index contributed by atoms with van der Waals surface area (Å²) < 4.78 is 29.2. The Balaban J connectivity index is 1.98. The SMILES string of the molecule is CC[C@H](C(=O)NC)n1ccc2cc(S(=O)(=O)N3CCCCC3)ccc21. The van der Waals surface area contributed by atoms with Gasteiger partial charge >= 0.3 is 0 Å². The van der Waals surface area contributed by atoms with Gasteiger partial charge < -0.3 is 9.88 Å². The van der Waals surface area contributed by atoms with E-state index in [0.717, 1.165) is 30.2 Å². The molecule has 0 unspecified atom stereocenters. The van der Waals surface area contributed by atoms with Gasteiger partial charge in [0.25, 0.3) is 0 Å². The number of carbonyl (C=O) groups is 1. The first-order valence-corrected chi connectivity index (χ1v) is 10.3. The maximum absolute atomic E-state index is 12.8. The molecule has 136 valence electrons. The number of hydrogen-bond donors (Lipinski definition) is 1. The van der Waals surface area contributed by atoms with Gasteiger partial charge in [0.2, 0.25) is 15.9 Å². The fourth-order valence-corrected chi connectivity index (χ4v) is 5.06. The van der Waals surface area contributed by atoms with Crippen LogP contribution in [0.5, 0.6) is 0 Å². The van der Waals surface area contributed by atoms with Crippen LogP contribution in [-0.2, 0) is 14.8 Å². The van der Waals surface area contributed by atoms with Gasteiger partial charge in [0.15, 0.2) is 0 Å². The molecule has 1 N–H and O–H groups in total. The van der Waals surface area contributed by atoms with Gasteiger partial charge in [0.05, 0.1) is 4.90 Å². The van der Waals surface area contributed by atoms with Gasteiger partial charge in [-0.3, -0.25) is 4.79 Å². The van der Waals surface area contributed by atoms with Gasteiger partial charge in [0, 0.05) is 37.2 Å². The van der Waals surface area contributed by atoms with Crippen LogP contribution in [0.4, 0.5) is 0 Å². The lowest BCUT2D eigenvalue weighted by atomic mass is 10.2. The predicted molar refractivity (Wildman–Crippen MR) is 97.9 cm³/mol. The van der Waals surface area contributed by atoms with Gasteiger partial charge in [-0.25, -0.2) is 8.42 Å². The average molecular weight is 363 g/mol. The second-order valence-corrected chi connectivity index (χ2v) is 8.38. The van der Waals surface area contributed by atoms with E-state index < -0.39 is 10.0 Å². The van der Waals surface area contributed by atoms with Crippen molar-refractivity contribution in [2.45, 2.75) is 43.5 Å². The first-order valence-electron chi connectivity index (χ1n) is 8.81. The van der Waals surface area contributed by atoms with Crippen LogP contribution >= 0.6 is 0 Å². The van der Waals surface area contributed by atoms with E-state index in [4.69, 9.17) is 0 Å². The number of amides is 1. The number of carbonyl (C=O) groups excluding carboxylic acids is 1. The van der Waals surface area contributed by atoms with Crippen molar-refractivity contribution in [3.63, 3.8) is 0 Å². The van der Waals surface area contributed by atoms with Gasteiger partial charge in [0.1, 0.15) is 6.04 Å². The molecule has 1 aromatic heterocycles. The minimum atomic E-state index is -3.45. The third kappa shape index (κ3) is 3.30. The standard InChI is InChI=1S/C18H25N3O3S/c1-3-16(18(22)19-2)21-12-9-14-13-15(7-8-17(14)21)25(23,24)20-10-5-4-6-11-20/h7-9,12-13,16H,3-6,10-11H2,1-2H3,(H,19,22)/t16-/m1/s1. The van der Waals surface area contributed by atoms with E-state index in [-0.39, 0.29) is 11.9 Å². The van der Waals surface area contributed by atoms with Crippen LogP contribution < -0.4 is 5.32 Å². The zero-order valence-electron chi connectivity index (χ0n) is 14.7. The van der Waals surface area contributed by atoms with Crippen molar-refractivity contribution in [1.29, 1.82) is 0 Å². The van der Waals surface area contributed by atoms with Crippen molar-refractivity contribution in [3.8, 4) is 0 Å². The van der Waals surface area contributed by atoms with Crippen molar-refractivity contribution < 1.29 is 13.2 Å².